The highest BCUT2D eigenvalue weighted by molar-refractivity contribution is 4.78. The molecule has 1 heterocycles. The van der Waals surface area contributed by atoms with Gasteiger partial charge in [0, 0.05) is 32.2 Å². The van der Waals surface area contributed by atoms with E-state index in [9.17, 15) is 0 Å². The first-order chi connectivity index (χ1) is 8.67. The predicted octanol–water partition coefficient (Wildman–Crippen LogP) is 0.683. The minimum absolute atomic E-state index is 0.707. The Balaban J connectivity index is 2.19. The van der Waals surface area contributed by atoms with Crippen LogP contribution in [0.2, 0.25) is 0 Å². The Morgan fingerprint density at radius 3 is 2.33 bits per heavy atom. The molecule has 1 rings (SSSR count). The van der Waals surface area contributed by atoms with Crippen molar-refractivity contribution in [2.24, 2.45) is 5.73 Å². The van der Waals surface area contributed by atoms with Gasteiger partial charge in [-0.05, 0) is 53.0 Å². The molecule has 1 unspecified atom stereocenters. The van der Waals surface area contributed by atoms with Crippen LogP contribution in [0.5, 0.6) is 0 Å². The molecule has 1 fully saturated rings. The lowest BCUT2D eigenvalue weighted by Crippen LogP contribution is -2.50. The number of nitrogens with zero attached hydrogens (tertiary/aromatic N) is 3. The monoisotopic (exact) mass is 256 g/mol. The van der Waals surface area contributed by atoms with Gasteiger partial charge in [0.2, 0.25) is 0 Å². The van der Waals surface area contributed by atoms with Crippen LogP contribution in [0.25, 0.3) is 0 Å². The van der Waals surface area contributed by atoms with Crippen LogP contribution in [0, 0.1) is 0 Å². The predicted molar refractivity (Wildman–Crippen MR) is 78.9 cm³/mol. The van der Waals surface area contributed by atoms with Gasteiger partial charge in [-0.3, -0.25) is 4.90 Å². The van der Waals surface area contributed by atoms with Gasteiger partial charge in [0.15, 0.2) is 0 Å². The average Bonchev–Trinajstić information content (AvgIpc) is 2.36. The second-order valence-corrected chi connectivity index (χ2v) is 5.67. The molecule has 1 aliphatic heterocycles. The van der Waals surface area contributed by atoms with Crippen molar-refractivity contribution < 1.29 is 0 Å². The van der Waals surface area contributed by atoms with Crippen LogP contribution in [-0.2, 0) is 0 Å². The van der Waals surface area contributed by atoms with Crippen molar-refractivity contribution in [1.29, 1.82) is 0 Å². The molecular formula is C14H32N4. The van der Waals surface area contributed by atoms with Gasteiger partial charge in [0.1, 0.15) is 0 Å². The number of hydrogen-bond acceptors (Lipinski definition) is 4. The van der Waals surface area contributed by atoms with Crippen molar-refractivity contribution in [2.75, 3.05) is 59.9 Å². The second kappa shape index (κ2) is 8.86. The minimum Gasteiger partial charge on any atom is -0.330 e. The standard InChI is InChI=1S/C14H32N4/c1-4-14(6-7-15)18-12-10-17(11-13-18)9-5-8-16(2)3/h14H,4-13,15H2,1-3H3. The van der Waals surface area contributed by atoms with Crippen LogP contribution in [0.15, 0.2) is 0 Å². The molecule has 0 aromatic heterocycles. The summed E-state index contributed by atoms with van der Waals surface area (Å²) in [5.74, 6) is 0. The Bertz CT molecular complexity index is 200. The van der Waals surface area contributed by atoms with Crippen molar-refractivity contribution in [3.63, 3.8) is 0 Å². The van der Waals surface area contributed by atoms with Crippen molar-refractivity contribution in [2.45, 2.75) is 32.2 Å². The molecule has 1 aliphatic rings. The van der Waals surface area contributed by atoms with E-state index < -0.39 is 0 Å². The Morgan fingerprint density at radius 1 is 1.17 bits per heavy atom. The van der Waals surface area contributed by atoms with Gasteiger partial charge in [-0.15, -0.1) is 0 Å². The molecule has 0 saturated carbocycles. The first-order valence-corrected chi connectivity index (χ1v) is 7.48. The molecule has 4 nitrogen and oxygen atoms in total. The maximum atomic E-state index is 5.69. The normalized spacial score (nSPS) is 20.5. The molecule has 0 spiro atoms. The summed E-state index contributed by atoms with van der Waals surface area (Å²) in [6.07, 6.45) is 3.67. The molecule has 0 aliphatic carbocycles. The van der Waals surface area contributed by atoms with Crippen molar-refractivity contribution in [3.05, 3.63) is 0 Å². The molecule has 1 saturated heterocycles. The summed E-state index contributed by atoms with van der Waals surface area (Å²) in [5.41, 5.74) is 5.69. The average molecular weight is 256 g/mol. The Morgan fingerprint density at radius 2 is 1.83 bits per heavy atom. The molecule has 0 aromatic carbocycles. The minimum atomic E-state index is 0.707. The summed E-state index contributed by atoms with van der Waals surface area (Å²) in [6.45, 7) is 10.5. The summed E-state index contributed by atoms with van der Waals surface area (Å²) in [4.78, 5) is 7.51. The molecule has 108 valence electrons. The highest BCUT2D eigenvalue weighted by Crippen LogP contribution is 2.12. The van der Waals surface area contributed by atoms with Crippen molar-refractivity contribution in [1.82, 2.24) is 14.7 Å². The van der Waals surface area contributed by atoms with E-state index in [1.54, 1.807) is 0 Å². The molecule has 0 amide bonds. The van der Waals surface area contributed by atoms with Gasteiger partial charge < -0.3 is 15.5 Å². The van der Waals surface area contributed by atoms with Crippen LogP contribution in [-0.4, -0.2) is 80.7 Å². The fourth-order valence-electron chi connectivity index (χ4n) is 2.80. The van der Waals surface area contributed by atoms with Gasteiger partial charge >= 0.3 is 0 Å². The third kappa shape index (κ3) is 5.65. The zero-order chi connectivity index (χ0) is 13.4. The van der Waals surface area contributed by atoms with E-state index in [1.165, 1.54) is 52.1 Å². The van der Waals surface area contributed by atoms with Crippen molar-refractivity contribution in [3.8, 4) is 0 Å². The van der Waals surface area contributed by atoms with Crippen LogP contribution in [0.4, 0.5) is 0 Å². The second-order valence-electron chi connectivity index (χ2n) is 5.67. The first kappa shape index (κ1) is 15.9. The van der Waals surface area contributed by atoms with Gasteiger partial charge in [-0.1, -0.05) is 6.92 Å². The maximum absolute atomic E-state index is 5.69. The smallest absolute Gasteiger partial charge is 0.0113 e. The van der Waals surface area contributed by atoms with Crippen LogP contribution < -0.4 is 5.73 Å². The molecule has 18 heavy (non-hydrogen) atoms. The zero-order valence-electron chi connectivity index (χ0n) is 12.6. The fourth-order valence-corrected chi connectivity index (χ4v) is 2.80. The fraction of sp³-hybridized carbons (Fsp3) is 1.00. The molecule has 1 atom stereocenters. The SMILES string of the molecule is CCC(CCN)N1CCN(CCCN(C)C)CC1. The van der Waals surface area contributed by atoms with E-state index in [1.807, 2.05) is 0 Å². The lowest BCUT2D eigenvalue weighted by atomic mass is 10.1. The summed E-state index contributed by atoms with van der Waals surface area (Å²) < 4.78 is 0. The third-order valence-corrected chi connectivity index (χ3v) is 3.97. The third-order valence-electron chi connectivity index (χ3n) is 3.97. The van der Waals surface area contributed by atoms with E-state index in [0.29, 0.717) is 6.04 Å². The topological polar surface area (TPSA) is 35.7 Å². The molecule has 0 radical (unpaired) electrons. The lowest BCUT2D eigenvalue weighted by molar-refractivity contribution is 0.0892. The summed E-state index contributed by atoms with van der Waals surface area (Å²) >= 11 is 0. The highest BCUT2D eigenvalue weighted by atomic mass is 15.3. The van der Waals surface area contributed by atoms with Gasteiger partial charge in [0.25, 0.3) is 0 Å². The van der Waals surface area contributed by atoms with E-state index in [-0.39, 0.29) is 0 Å². The van der Waals surface area contributed by atoms with E-state index >= 15 is 0 Å². The summed E-state index contributed by atoms with van der Waals surface area (Å²) in [6, 6.07) is 0.707. The Hall–Kier alpha value is -0.160. The molecule has 2 N–H and O–H groups in total. The quantitative estimate of drug-likeness (QED) is 0.693. The van der Waals surface area contributed by atoms with Crippen LogP contribution in [0.3, 0.4) is 0 Å². The van der Waals surface area contributed by atoms with Gasteiger partial charge in [-0.25, -0.2) is 0 Å². The summed E-state index contributed by atoms with van der Waals surface area (Å²) in [5, 5.41) is 0. The summed E-state index contributed by atoms with van der Waals surface area (Å²) in [7, 11) is 4.30. The first-order valence-electron chi connectivity index (χ1n) is 7.48. The number of hydrogen-bond donors (Lipinski definition) is 1. The zero-order valence-corrected chi connectivity index (χ0v) is 12.6. The molecular weight excluding hydrogens is 224 g/mol. The maximum Gasteiger partial charge on any atom is 0.0113 e. The Kier molecular flexibility index (Phi) is 7.82. The van der Waals surface area contributed by atoms with Gasteiger partial charge in [0.05, 0.1) is 0 Å². The van der Waals surface area contributed by atoms with E-state index in [0.717, 1.165) is 13.0 Å². The van der Waals surface area contributed by atoms with Gasteiger partial charge in [-0.2, -0.15) is 0 Å². The molecule has 4 heteroatoms. The number of rotatable bonds is 8. The molecule has 0 aromatic rings. The van der Waals surface area contributed by atoms with Crippen molar-refractivity contribution >= 4 is 0 Å². The Labute approximate surface area is 113 Å². The number of piperazine rings is 1. The largest absolute Gasteiger partial charge is 0.330 e. The highest BCUT2D eigenvalue weighted by Gasteiger charge is 2.21. The van der Waals surface area contributed by atoms with Crippen LogP contribution >= 0.6 is 0 Å². The number of nitrogens with two attached hydrogens (primary N) is 1. The van der Waals surface area contributed by atoms with E-state index in [2.05, 4.69) is 35.7 Å². The lowest BCUT2D eigenvalue weighted by Gasteiger charge is -2.39. The van der Waals surface area contributed by atoms with E-state index in [4.69, 9.17) is 5.73 Å². The molecule has 0 bridgehead atoms. The van der Waals surface area contributed by atoms with Crippen LogP contribution in [0.1, 0.15) is 26.2 Å².